The van der Waals surface area contributed by atoms with E-state index in [0.717, 1.165) is 11.3 Å². The van der Waals surface area contributed by atoms with Crippen molar-refractivity contribution in [1.29, 1.82) is 0 Å². The molecule has 0 spiro atoms. The fourth-order valence-electron chi connectivity index (χ4n) is 1.04. The normalized spacial score (nSPS) is 9.50. The Labute approximate surface area is 71.5 Å². The van der Waals surface area contributed by atoms with Gasteiger partial charge in [0.1, 0.15) is 5.69 Å². The molecule has 1 heterocycles. The first kappa shape index (κ1) is 8.59. The monoisotopic (exact) mass is 164 g/mol. The van der Waals surface area contributed by atoms with Crippen LogP contribution in [0.2, 0.25) is 0 Å². The molecule has 2 N–H and O–H groups in total. The minimum absolute atomic E-state index is 0.105. The SMILES string of the molecule is C=Cc1cc(C(=O)NC)[nH]c1C. The van der Waals surface area contributed by atoms with E-state index in [0.29, 0.717) is 5.69 Å². The zero-order chi connectivity index (χ0) is 9.14. The highest BCUT2D eigenvalue weighted by Crippen LogP contribution is 2.10. The van der Waals surface area contributed by atoms with Gasteiger partial charge < -0.3 is 10.3 Å². The average Bonchev–Trinajstić information content (AvgIpc) is 2.45. The number of hydrogen-bond acceptors (Lipinski definition) is 1. The summed E-state index contributed by atoms with van der Waals surface area (Å²) in [5.41, 5.74) is 2.50. The molecule has 0 saturated heterocycles. The van der Waals surface area contributed by atoms with E-state index in [1.54, 1.807) is 19.2 Å². The Morgan fingerprint density at radius 3 is 2.83 bits per heavy atom. The maximum atomic E-state index is 11.1. The van der Waals surface area contributed by atoms with E-state index in [4.69, 9.17) is 0 Å². The number of carbonyl (C=O) groups is 1. The number of nitrogens with one attached hydrogen (secondary N) is 2. The third-order valence-electron chi connectivity index (χ3n) is 1.75. The van der Waals surface area contributed by atoms with Gasteiger partial charge in [-0.05, 0) is 18.6 Å². The first-order valence-corrected chi connectivity index (χ1v) is 3.73. The summed E-state index contributed by atoms with van der Waals surface area (Å²) in [7, 11) is 1.60. The number of aromatic amines is 1. The van der Waals surface area contributed by atoms with Crippen LogP contribution in [0.25, 0.3) is 6.08 Å². The van der Waals surface area contributed by atoms with Gasteiger partial charge in [-0.1, -0.05) is 12.7 Å². The van der Waals surface area contributed by atoms with Crippen LogP contribution in [0.5, 0.6) is 0 Å². The Balaban J connectivity index is 3.04. The lowest BCUT2D eigenvalue weighted by molar-refractivity contribution is 0.0958. The summed E-state index contributed by atoms with van der Waals surface area (Å²) in [5.74, 6) is -0.105. The Kier molecular flexibility index (Phi) is 2.33. The Hall–Kier alpha value is -1.51. The molecular formula is C9H12N2O. The molecule has 0 aliphatic heterocycles. The highest BCUT2D eigenvalue weighted by molar-refractivity contribution is 5.93. The largest absolute Gasteiger partial charge is 0.354 e. The minimum atomic E-state index is -0.105. The number of aromatic nitrogens is 1. The lowest BCUT2D eigenvalue weighted by atomic mass is 10.2. The summed E-state index contributed by atoms with van der Waals surface area (Å²) >= 11 is 0. The number of H-pyrrole nitrogens is 1. The fourth-order valence-corrected chi connectivity index (χ4v) is 1.04. The molecule has 1 aromatic rings. The van der Waals surface area contributed by atoms with Crippen LogP contribution in [0.3, 0.4) is 0 Å². The van der Waals surface area contributed by atoms with E-state index in [-0.39, 0.29) is 5.91 Å². The van der Waals surface area contributed by atoms with Gasteiger partial charge in [-0.3, -0.25) is 4.79 Å². The summed E-state index contributed by atoms with van der Waals surface area (Å²) in [6, 6.07) is 1.78. The summed E-state index contributed by atoms with van der Waals surface area (Å²) in [6.07, 6.45) is 1.72. The molecule has 1 aromatic heterocycles. The number of rotatable bonds is 2. The third-order valence-corrected chi connectivity index (χ3v) is 1.75. The van der Waals surface area contributed by atoms with Crippen LogP contribution >= 0.6 is 0 Å². The molecule has 0 aliphatic rings. The summed E-state index contributed by atoms with van der Waals surface area (Å²) in [4.78, 5) is 14.1. The zero-order valence-corrected chi connectivity index (χ0v) is 7.27. The first-order valence-electron chi connectivity index (χ1n) is 3.73. The van der Waals surface area contributed by atoms with Gasteiger partial charge >= 0.3 is 0 Å². The van der Waals surface area contributed by atoms with Crippen molar-refractivity contribution in [3.8, 4) is 0 Å². The van der Waals surface area contributed by atoms with Crippen molar-refractivity contribution < 1.29 is 4.79 Å². The highest BCUT2D eigenvalue weighted by atomic mass is 16.1. The molecule has 0 unspecified atom stereocenters. The summed E-state index contributed by atoms with van der Waals surface area (Å²) < 4.78 is 0. The molecule has 0 aliphatic carbocycles. The molecule has 0 bridgehead atoms. The van der Waals surface area contributed by atoms with Crippen LogP contribution in [0, 0.1) is 6.92 Å². The van der Waals surface area contributed by atoms with Crippen molar-refractivity contribution >= 4 is 12.0 Å². The second kappa shape index (κ2) is 3.26. The highest BCUT2D eigenvalue weighted by Gasteiger charge is 2.07. The molecule has 0 atom stereocenters. The molecule has 0 saturated carbocycles. The van der Waals surface area contributed by atoms with Crippen LogP contribution in [0.1, 0.15) is 21.7 Å². The zero-order valence-electron chi connectivity index (χ0n) is 7.27. The Bertz CT molecular complexity index is 312. The van der Waals surface area contributed by atoms with Gasteiger partial charge in [0, 0.05) is 12.7 Å². The number of hydrogen-bond donors (Lipinski definition) is 2. The number of carbonyl (C=O) groups excluding carboxylic acids is 1. The summed E-state index contributed by atoms with van der Waals surface area (Å²) in [6.45, 7) is 5.54. The lowest BCUT2D eigenvalue weighted by Gasteiger charge is -1.92. The van der Waals surface area contributed by atoms with Crippen LogP contribution in [-0.4, -0.2) is 17.9 Å². The molecule has 64 valence electrons. The predicted octanol–water partition coefficient (Wildman–Crippen LogP) is 1.33. The van der Waals surface area contributed by atoms with E-state index >= 15 is 0 Å². The van der Waals surface area contributed by atoms with Crippen molar-refractivity contribution in [2.24, 2.45) is 0 Å². The van der Waals surface area contributed by atoms with Crippen molar-refractivity contribution in [1.82, 2.24) is 10.3 Å². The van der Waals surface area contributed by atoms with Crippen LogP contribution in [0.15, 0.2) is 12.6 Å². The van der Waals surface area contributed by atoms with Gasteiger partial charge in [-0.25, -0.2) is 0 Å². The molecule has 1 rings (SSSR count). The van der Waals surface area contributed by atoms with E-state index < -0.39 is 0 Å². The van der Waals surface area contributed by atoms with Gasteiger partial charge in [-0.2, -0.15) is 0 Å². The van der Waals surface area contributed by atoms with Crippen LogP contribution in [0.4, 0.5) is 0 Å². The maximum absolute atomic E-state index is 11.1. The number of aryl methyl sites for hydroxylation is 1. The topological polar surface area (TPSA) is 44.9 Å². The quantitative estimate of drug-likeness (QED) is 0.680. The Morgan fingerprint density at radius 2 is 2.42 bits per heavy atom. The van der Waals surface area contributed by atoms with Crippen LogP contribution < -0.4 is 5.32 Å². The standard InChI is InChI=1S/C9H12N2O/c1-4-7-5-8(9(12)10-3)11-6(7)2/h4-5,11H,1H2,2-3H3,(H,10,12). The number of amides is 1. The molecule has 0 aromatic carbocycles. The molecule has 3 nitrogen and oxygen atoms in total. The molecule has 0 fully saturated rings. The van der Waals surface area contributed by atoms with E-state index in [9.17, 15) is 4.79 Å². The van der Waals surface area contributed by atoms with Crippen molar-refractivity contribution in [2.75, 3.05) is 7.05 Å². The lowest BCUT2D eigenvalue weighted by Crippen LogP contribution is -2.17. The fraction of sp³-hybridized carbons (Fsp3) is 0.222. The van der Waals surface area contributed by atoms with E-state index in [2.05, 4.69) is 16.9 Å². The second-order valence-electron chi connectivity index (χ2n) is 2.55. The molecule has 12 heavy (non-hydrogen) atoms. The molecule has 0 radical (unpaired) electrons. The second-order valence-corrected chi connectivity index (χ2v) is 2.55. The minimum Gasteiger partial charge on any atom is -0.354 e. The van der Waals surface area contributed by atoms with Gasteiger partial charge in [0.05, 0.1) is 0 Å². The maximum Gasteiger partial charge on any atom is 0.267 e. The smallest absolute Gasteiger partial charge is 0.267 e. The Morgan fingerprint density at radius 1 is 1.75 bits per heavy atom. The predicted molar refractivity (Wildman–Crippen MR) is 49.0 cm³/mol. The molecular weight excluding hydrogens is 152 g/mol. The van der Waals surface area contributed by atoms with Gasteiger partial charge in [0.15, 0.2) is 0 Å². The summed E-state index contributed by atoms with van der Waals surface area (Å²) in [5, 5.41) is 2.54. The van der Waals surface area contributed by atoms with Crippen molar-refractivity contribution in [2.45, 2.75) is 6.92 Å². The van der Waals surface area contributed by atoms with Crippen LogP contribution in [-0.2, 0) is 0 Å². The van der Waals surface area contributed by atoms with Crippen molar-refractivity contribution in [3.05, 3.63) is 29.6 Å². The van der Waals surface area contributed by atoms with Crippen molar-refractivity contribution in [3.63, 3.8) is 0 Å². The van der Waals surface area contributed by atoms with Gasteiger partial charge in [0.25, 0.3) is 5.91 Å². The van der Waals surface area contributed by atoms with E-state index in [1.807, 2.05) is 6.92 Å². The average molecular weight is 164 g/mol. The third kappa shape index (κ3) is 1.39. The van der Waals surface area contributed by atoms with Gasteiger partial charge in [0.2, 0.25) is 0 Å². The van der Waals surface area contributed by atoms with E-state index in [1.165, 1.54) is 0 Å². The first-order chi connectivity index (χ1) is 5.69. The van der Waals surface area contributed by atoms with Gasteiger partial charge in [-0.15, -0.1) is 0 Å². The molecule has 3 heteroatoms. The molecule has 1 amide bonds.